The Balaban J connectivity index is 1.87. The van der Waals surface area contributed by atoms with Crippen molar-refractivity contribution in [2.24, 2.45) is 0 Å². The topological polar surface area (TPSA) is 55.3 Å². The Kier molecular flexibility index (Phi) is 2.52. The summed E-state index contributed by atoms with van der Waals surface area (Å²) in [4.78, 5) is 6.88. The summed E-state index contributed by atoms with van der Waals surface area (Å²) in [5.74, 6) is 0.770. The lowest BCUT2D eigenvalue weighted by atomic mass is 10.3. The van der Waals surface area contributed by atoms with Gasteiger partial charge < -0.3 is 10.2 Å². The van der Waals surface area contributed by atoms with Crippen molar-refractivity contribution in [2.45, 2.75) is 32.4 Å². The van der Waals surface area contributed by atoms with Crippen LogP contribution >= 0.6 is 0 Å². The van der Waals surface area contributed by atoms with Crippen molar-refractivity contribution >= 4 is 16.8 Å². The van der Waals surface area contributed by atoms with Gasteiger partial charge in [-0.3, -0.25) is 4.90 Å². The van der Waals surface area contributed by atoms with Gasteiger partial charge >= 0.3 is 0 Å². The SMILES string of the molecule is CCN(Cc1nc2c(N)cccc2o1)C1CC1. The number of aromatic nitrogens is 1. The molecule has 1 saturated carbocycles. The summed E-state index contributed by atoms with van der Waals surface area (Å²) in [6, 6.07) is 6.39. The molecule has 0 saturated heterocycles. The van der Waals surface area contributed by atoms with E-state index < -0.39 is 0 Å². The number of anilines is 1. The smallest absolute Gasteiger partial charge is 0.209 e. The Morgan fingerprint density at radius 2 is 2.29 bits per heavy atom. The minimum atomic E-state index is 0.687. The van der Waals surface area contributed by atoms with Gasteiger partial charge in [0, 0.05) is 6.04 Å². The van der Waals surface area contributed by atoms with Crippen molar-refractivity contribution in [1.82, 2.24) is 9.88 Å². The van der Waals surface area contributed by atoms with Gasteiger partial charge in [-0.15, -0.1) is 0 Å². The molecule has 4 nitrogen and oxygen atoms in total. The van der Waals surface area contributed by atoms with Crippen LogP contribution in [0.15, 0.2) is 22.6 Å². The van der Waals surface area contributed by atoms with Crippen molar-refractivity contribution in [3.05, 3.63) is 24.1 Å². The first kappa shape index (κ1) is 10.6. The van der Waals surface area contributed by atoms with Crippen molar-refractivity contribution in [3.8, 4) is 0 Å². The third-order valence-electron chi connectivity index (χ3n) is 3.30. The number of oxazole rings is 1. The Morgan fingerprint density at radius 3 is 2.94 bits per heavy atom. The molecular weight excluding hydrogens is 214 g/mol. The predicted molar refractivity (Wildman–Crippen MR) is 67.5 cm³/mol. The first-order valence-electron chi connectivity index (χ1n) is 6.16. The average Bonchev–Trinajstić information content (AvgIpc) is 3.07. The molecule has 0 radical (unpaired) electrons. The van der Waals surface area contributed by atoms with E-state index in [1.807, 2.05) is 18.2 Å². The molecule has 2 aromatic rings. The molecule has 17 heavy (non-hydrogen) atoms. The standard InChI is InChI=1S/C13H17N3O/c1-2-16(9-6-7-9)8-12-15-13-10(14)4-3-5-11(13)17-12/h3-5,9H,2,6-8,14H2,1H3. The van der Waals surface area contributed by atoms with Crippen LogP contribution in [0.5, 0.6) is 0 Å². The van der Waals surface area contributed by atoms with E-state index in [0.29, 0.717) is 5.69 Å². The van der Waals surface area contributed by atoms with Gasteiger partial charge in [-0.05, 0) is 31.5 Å². The maximum absolute atomic E-state index is 5.87. The molecule has 2 N–H and O–H groups in total. The minimum absolute atomic E-state index is 0.687. The van der Waals surface area contributed by atoms with Gasteiger partial charge in [0.05, 0.1) is 12.2 Å². The molecule has 0 spiro atoms. The lowest BCUT2D eigenvalue weighted by Crippen LogP contribution is -2.25. The van der Waals surface area contributed by atoms with Crippen LogP contribution in [-0.4, -0.2) is 22.5 Å². The molecule has 0 unspecified atom stereocenters. The van der Waals surface area contributed by atoms with Crippen molar-refractivity contribution < 1.29 is 4.42 Å². The van der Waals surface area contributed by atoms with Crippen LogP contribution in [0.2, 0.25) is 0 Å². The Hall–Kier alpha value is -1.55. The Labute approximate surface area is 100 Å². The van der Waals surface area contributed by atoms with Gasteiger partial charge in [-0.25, -0.2) is 4.98 Å². The number of hydrogen-bond donors (Lipinski definition) is 1. The molecule has 3 rings (SSSR count). The third kappa shape index (κ3) is 2.00. The Morgan fingerprint density at radius 1 is 1.47 bits per heavy atom. The van der Waals surface area contributed by atoms with Crippen LogP contribution in [0.25, 0.3) is 11.1 Å². The van der Waals surface area contributed by atoms with Crippen LogP contribution < -0.4 is 5.73 Å². The van der Waals surface area contributed by atoms with E-state index in [0.717, 1.165) is 36.1 Å². The molecule has 1 aromatic carbocycles. The fourth-order valence-electron chi connectivity index (χ4n) is 2.20. The van der Waals surface area contributed by atoms with Crippen LogP contribution in [0, 0.1) is 0 Å². The second-order valence-electron chi connectivity index (χ2n) is 4.60. The second kappa shape index (κ2) is 4.04. The summed E-state index contributed by atoms with van der Waals surface area (Å²) in [5.41, 5.74) is 8.13. The molecule has 0 bridgehead atoms. The van der Waals surface area contributed by atoms with E-state index in [2.05, 4.69) is 16.8 Å². The van der Waals surface area contributed by atoms with Crippen LogP contribution in [0.1, 0.15) is 25.7 Å². The highest BCUT2D eigenvalue weighted by molar-refractivity contribution is 5.85. The molecule has 1 aliphatic carbocycles. The van der Waals surface area contributed by atoms with E-state index in [1.165, 1.54) is 12.8 Å². The van der Waals surface area contributed by atoms with E-state index >= 15 is 0 Å². The molecule has 1 heterocycles. The van der Waals surface area contributed by atoms with E-state index in [1.54, 1.807) is 0 Å². The van der Waals surface area contributed by atoms with E-state index in [9.17, 15) is 0 Å². The lowest BCUT2D eigenvalue weighted by molar-refractivity contribution is 0.243. The first-order valence-corrected chi connectivity index (χ1v) is 6.16. The molecular formula is C13H17N3O. The number of nitrogen functional groups attached to an aromatic ring is 1. The number of nitrogens with zero attached hydrogens (tertiary/aromatic N) is 2. The van der Waals surface area contributed by atoms with Crippen molar-refractivity contribution in [2.75, 3.05) is 12.3 Å². The zero-order valence-corrected chi connectivity index (χ0v) is 10.0. The zero-order chi connectivity index (χ0) is 11.8. The fourth-order valence-corrected chi connectivity index (χ4v) is 2.20. The highest BCUT2D eigenvalue weighted by atomic mass is 16.3. The maximum atomic E-state index is 5.87. The molecule has 1 aliphatic rings. The van der Waals surface area contributed by atoms with Gasteiger partial charge in [0.15, 0.2) is 5.58 Å². The monoisotopic (exact) mass is 231 g/mol. The first-order chi connectivity index (χ1) is 8.28. The summed E-state index contributed by atoms with van der Waals surface area (Å²) in [6.45, 7) is 4.00. The summed E-state index contributed by atoms with van der Waals surface area (Å²) >= 11 is 0. The highest BCUT2D eigenvalue weighted by Gasteiger charge is 2.28. The second-order valence-corrected chi connectivity index (χ2v) is 4.60. The quantitative estimate of drug-likeness (QED) is 0.821. The molecule has 90 valence electrons. The Bertz CT molecular complexity index is 530. The number of fused-ring (bicyclic) bond motifs is 1. The number of hydrogen-bond acceptors (Lipinski definition) is 4. The van der Waals surface area contributed by atoms with Crippen LogP contribution in [0.3, 0.4) is 0 Å². The number of benzene rings is 1. The van der Waals surface area contributed by atoms with Gasteiger partial charge in [0.25, 0.3) is 0 Å². The van der Waals surface area contributed by atoms with E-state index in [4.69, 9.17) is 10.2 Å². The average molecular weight is 231 g/mol. The predicted octanol–water partition coefficient (Wildman–Crippen LogP) is 2.39. The number of para-hydroxylation sites is 1. The highest BCUT2D eigenvalue weighted by Crippen LogP contribution is 2.29. The summed E-state index contributed by atoms with van der Waals surface area (Å²) < 4.78 is 5.73. The molecule has 0 aliphatic heterocycles. The van der Waals surface area contributed by atoms with Crippen LogP contribution in [-0.2, 0) is 6.54 Å². The van der Waals surface area contributed by atoms with E-state index in [-0.39, 0.29) is 0 Å². The number of nitrogens with two attached hydrogens (primary N) is 1. The summed E-state index contributed by atoms with van der Waals surface area (Å²) in [5, 5.41) is 0. The van der Waals surface area contributed by atoms with Gasteiger partial charge in [0.1, 0.15) is 5.52 Å². The molecule has 0 atom stereocenters. The van der Waals surface area contributed by atoms with Gasteiger partial charge in [-0.1, -0.05) is 13.0 Å². The van der Waals surface area contributed by atoms with Gasteiger partial charge in [-0.2, -0.15) is 0 Å². The molecule has 4 heteroatoms. The minimum Gasteiger partial charge on any atom is -0.439 e. The molecule has 0 amide bonds. The van der Waals surface area contributed by atoms with Crippen molar-refractivity contribution in [3.63, 3.8) is 0 Å². The molecule has 1 aromatic heterocycles. The maximum Gasteiger partial charge on any atom is 0.209 e. The summed E-state index contributed by atoms with van der Waals surface area (Å²) in [6.07, 6.45) is 2.60. The fraction of sp³-hybridized carbons (Fsp3) is 0.462. The summed E-state index contributed by atoms with van der Waals surface area (Å²) in [7, 11) is 0. The van der Waals surface area contributed by atoms with Crippen molar-refractivity contribution in [1.29, 1.82) is 0 Å². The lowest BCUT2D eigenvalue weighted by Gasteiger charge is -2.16. The van der Waals surface area contributed by atoms with Gasteiger partial charge in [0.2, 0.25) is 5.89 Å². The molecule has 1 fully saturated rings. The van der Waals surface area contributed by atoms with Crippen LogP contribution in [0.4, 0.5) is 5.69 Å². The zero-order valence-electron chi connectivity index (χ0n) is 10.0. The largest absolute Gasteiger partial charge is 0.439 e. The normalized spacial score (nSPS) is 15.9. The third-order valence-corrected chi connectivity index (χ3v) is 3.30. The number of rotatable bonds is 4.